The van der Waals surface area contributed by atoms with E-state index in [4.69, 9.17) is 16.3 Å². The predicted molar refractivity (Wildman–Crippen MR) is 93.3 cm³/mol. The standard InChI is InChI=1S/C15H12BrClN2OS/c1-8-5-12(13(20-2)7-10(8)17)19-15-18-11-4-3-9(16)6-14(11)21-15/h3-7H,1-2H3,(H,18,19). The van der Waals surface area contributed by atoms with Gasteiger partial charge in [0.2, 0.25) is 0 Å². The number of anilines is 2. The third-order valence-electron chi connectivity index (χ3n) is 3.07. The van der Waals surface area contributed by atoms with Crippen LogP contribution in [0.5, 0.6) is 5.75 Å². The average Bonchev–Trinajstić information content (AvgIpc) is 2.84. The molecule has 6 heteroatoms. The van der Waals surface area contributed by atoms with Crippen molar-refractivity contribution in [1.29, 1.82) is 0 Å². The van der Waals surface area contributed by atoms with Crippen molar-refractivity contribution in [1.82, 2.24) is 4.98 Å². The Bertz CT molecular complexity index is 819. The molecule has 108 valence electrons. The smallest absolute Gasteiger partial charge is 0.188 e. The van der Waals surface area contributed by atoms with Crippen LogP contribution in [0.1, 0.15) is 5.56 Å². The van der Waals surface area contributed by atoms with E-state index in [0.29, 0.717) is 10.8 Å². The van der Waals surface area contributed by atoms with Gasteiger partial charge < -0.3 is 10.1 Å². The zero-order valence-corrected chi connectivity index (χ0v) is 14.6. The van der Waals surface area contributed by atoms with Crippen LogP contribution in [0.25, 0.3) is 10.2 Å². The van der Waals surface area contributed by atoms with Crippen molar-refractivity contribution < 1.29 is 4.74 Å². The molecule has 3 nitrogen and oxygen atoms in total. The fourth-order valence-electron chi connectivity index (χ4n) is 2.00. The summed E-state index contributed by atoms with van der Waals surface area (Å²) in [5.41, 5.74) is 2.82. The summed E-state index contributed by atoms with van der Waals surface area (Å²) in [4.78, 5) is 4.57. The van der Waals surface area contributed by atoms with E-state index in [1.165, 1.54) is 0 Å². The van der Waals surface area contributed by atoms with Crippen LogP contribution in [0.3, 0.4) is 0 Å². The van der Waals surface area contributed by atoms with Gasteiger partial charge in [-0.05, 0) is 36.8 Å². The van der Waals surface area contributed by atoms with Crippen molar-refractivity contribution in [2.24, 2.45) is 0 Å². The van der Waals surface area contributed by atoms with Gasteiger partial charge in [0.05, 0.1) is 23.0 Å². The van der Waals surface area contributed by atoms with E-state index < -0.39 is 0 Å². The van der Waals surface area contributed by atoms with E-state index in [0.717, 1.165) is 31.1 Å². The van der Waals surface area contributed by atoms with Gasteiger partial charge in [0, 0.05) is 15.6 Å². The molecule has 1 aromatic heterocycles. The molecule has 0 aliphatic rings. The third-order valence-corrected chi connectivity index (χ3v) is 4.91. The van der Waals surface area contributed by atoms with Crippen molar-refractivity contribution in [3.63, 3.8) is 0 Å². The second-order valence-electron chi connectivity index (χ2n) is 4.56. The predicted octanol–water partition coefficient (Wildman–Crippen LogP) is 5.77. The first-order valence-corrected chi connectivity index (χ1v) is 8.23. The average molecular weight is 384 g/mol. The Hall–Kier alpha value is -1.30. The second-order valence-corrected chi connectivity index (χ2v) is 6.91. The summed E-state index contributed by atoms with van der Waals surface area (Å²) in [6.07, 6.45) is 0. The number of methoxy groups -OCH3 is 1. The van der Waals surface area contributed by atoms with Crippen LogP contribution in [0, 0.1) is 6.92 Å². The lowest BCUT2D eigenvalue weighted by Gasteiger charge is -2.11. The van der Waals surface area contributed by atoms with Gasteiger partial charge in [-0.1, -0.05) is 38.9 Å². The number of hydrogen-bond donors (Lipinski definition) is 1. The number of hydrogen-bond acceptors (Lipinski definition) is 4. The van der Waals surface area contributed by atoms with Gasteiger partial charge in [-0.25, -0.2) is 4.98 Å². The van der Waals surface area contributed by atoms with Crippen LogP contribution in [0.2, 0.25) is 5.02 Å². The van der Waals surface area contributed by atoms with E-state index in [1.807, 2.05) is 31.2 Å². The van der Waals surface area contributed by atoms with E-state index in [-0.39, 0.29) is 0 Å². The normalized spacial score (nSPS) is 10.9. The Morgan fingerprint density at radius 1 is 1.29 bits per heavy atom. The molecule has 0 aliphatic carbocycles. The molecule has 0 radical (unpaired) electrons. The summed E-state index contributed by atoms with van der Waals surface area (Å²) in [6, 6.07) is 9.80. The van der Waals surface area contributed by atoms with Gasteiger partial charge in [0.1, 0.15) is 5.75 Å². The Labute approximate surface area is 140 Å². The van der Waals surface area contributed by atoms with Crippen LogP contribution >= 0.6 is 38.9 Å². The first-order chi connectivity index (χ1) is 10.1. The molecule has 0 spiro atoms. The second kappa shape index (κ2) is 5.83. The molecule has 1 heterocycles. The molecule has 0 aliphatic heterocycles. The van der Waals surface area contributed by atoms with Crippen LogP contribution in [0.15, 0.2) is 34.8 Å². The number of rotatable bonds is 3. The minimum absolute atomic E-state index is 0.686. The highest BCUT2D eigenvalue weighted by molar-refractivity contribution is 9.10. The van der Waals surface area contributed by atoms with Gasteiger partial charge >= 0.3 is 0 Å². The molecule has 2 aromatic carbocycles. The first-order valence-electron chi connectivity index (χ1n) is 6.24. The summed E-state index contributed by atoms with van der Waals surface area (Å²) in [5, 5.41) is 4.82. The first kappa shape index (κ1) is 14.6. The number of ether oxygens (including phenoxy) is 1. The number of benzene rings is 2. The Balaban J connectivity index is 2.00. The monoisotopic (exact) mass is 382 g/mol. The van der Waals surface area contributed by atoms with Gasteiger partial charge in [-0.15, -0.1) is 0 Å². The number of nitrogens with one attached hydrogen (secondary N) is 1. The van der Waals surface area contributed by atoms with Gasteiger partial charge in [-0.2, -0.15) is 0 Å². The fourth-order valence-corrected chi connectivity index (χ4v) is 3.58. The topological polar surface area (TPSA) is 34.1 Å². The van der Waals surface area contributed by atoms with E-state index in [9.17, 15) is 0 Å². The maximum Gasteiger partial charge on any atom is 0.188 e. The summed E-state index contributed by atoms with van der Waals surface area (Å²) in [7, 11) is 1.63. The minimum Gasteiger partial charge on any atom is -0.495 e. The molecular formula is C15H12BrClN2OS. The third kappa shape index (κ3) is 3.00. The Morgan fingerprint density at radius 2 is 2.10 bits per heavy atom. The quantitative estimate of drug-likeness (QED) is 0.623. The Kier molecular flexibility index (Phi) is 4.06. The number of halogens is 2. The zero-order chi connectivity index (χ0) is 15.0. The molecule has 1 N–H and O–H groups in total. The molecular weight excluding hydrogens is 372 g/mol. The molecule has 3 rings (SSSR count). The van der Waals surface area contributed by atoms with Crippen molar-refractivity contribution in [2.75, 3.05) is 12.4 Å². The Morgan fingerprint density at radius 3 is 2.86 bits per heavy atom. The highest BCUT2D eigenvalue weighted by Crippen LogP contribution is 2.36. The van der Waals surface area contributed by atoms with E-state index >= 15 is 0 Å². The summed E-state index contributed by atoms with van der Waals surface area (Å²) in [6.45, 7) is 1.96. The van der Waals surface area contributed by atoms with E-state index in [1.54, 1.807) is 18.4 Å². The lowest BCUT2D eigenvalue weighted by molar-refractivity contribution is 0.417. The van der Waals surface area contributed by atoms with Crippen molar-refractivity contribution in [3.05, 3.63) is 45.4 Å². The maximum absolute atomic E-state index is 6.12. The molecule has 0 atom stereocenters. The number of thiazole rings is 1. The fraction of sp³-hybridized carbons (Fsp3) is 0.133. The van der Waals surface area contributed by atoms with Crippen LogP contribution < -0.4 is 10.1 Å². The SMILES string of the molecule is COc1cc(Cl)c(C)cc1Nc1nc2ccc(Br)cc2s1. The van der Waals surface area contributed by atoms with Crippen molar-refractivity contribution >= 4 is 59.9 Å². The van der Waals surface area contributed by atoms with Crippen molar-refractivity contribution in [2.45, 2.75) is 6.92 Å². The molecule has 3 aromatic rings. The van der Waals surface area contributed by atoms with Gasteiger partial charge in [-0.3, -0.25) is 0 Å². The molecule has 0 amide bonds. The zero-order valence-electron chi connectivity index (χ0n) is 11.4. The number of fused-ring (bicyclic) bond motifs is 1. The maximum atomic E-state index is 6.12. The molecule has 21 heavy (non-hydrogen) atoms. The number of aryl methyl sites for hydroxylation is 1. The highest BCUT2D eigenvalue weighted by atomic mass is 79.9. The highest BCUT2D eigenvalue weighted by Gasteiger charge is 2.10. The molecule has 0 bridgehead atoms. The lowest BCUT2D eigenvalue weighted by Crippen LogP contribution is -1.95. The van der Waals surface area contributed by atoms with E-state index in [2.05, 4.69) is 32.3 Å². The molecule has 0 saturated heterocycles. The largest absolute Gasteiger partial charge is 0.495 e. The van der Waals surface area contributed by atoms with Crippen molar-refractivity contribution in [3.8, 4) is 5.75 Å². The summed E-state index contributed by atoms with van der Waals surface area (Å²) < 4.78 is 7.54. The van der Waals surface area contributed by atoms with Gasteiger partial charge in [0.25, 0.3) is 0 Å². The summed E-state index contributed by atoms with van der Waals surface area (Å²) >= 11 is 11.2. The van der Waals surface area contributed by atoms with Crippen LogP contribution in [-0.2, 0) is 0 Å². The molecule has 0 fully saturated rings. The summed E-state index contributed by atoms with van der Waals surface area (Å²) in [5.74, 6) is 0.700. The lowest BCUT2D eigenvalue weighted by atomic mass is 10.2. The molecule has 0 saturated carbocycles. The van der Waals surface area contributed by atoms with Crippen LogP contribution in [0.4, 0.5) is 10.8 Å². The minimum atomic E-state index is 0.686. The molecule has 0 unspecified atom stereocenters. The van der Waals surface area contributed by atoms with Crippen LogP contribution in [-0.4, -0.2) is 12.1 Å². The number of aromatic nitrogens is 1. The van der Waals surface area contributed by atoms with Gasteiger partial charge in [0.15, 0.2) is 5.13 Å². The number of nitrogens with zero attached hydrogens (tertiary/aromatic N) is 1.